The lowest BCUT2D eigenvalue weighted by atomic mass is 10.0. The first-order valence-corrected chi connectivity index (χ1v) is 7.20. The van der Waals surface area contributed by atoms with Gasteiger partial charge in [0.2, 0.25) is 5.91 Å². The highest BCUT2D eigenvalue weighted by molar-refractivity contribution is 5.82. The van der Waals surface area contributed by atoms with E-state index in [1.54, 1.807) is 0 Å². The summed E-state index contributed by atoms with van der Waals surface area (Å²) in [5.41, 5.74) is 0. The summed E-state index contributed by atoms with van der Waals surface area (Å²) in [4.78, 5) is 14.5. The van der Waals surface area contributed by atoms with E-state index in [1.807, 2.05) is 0 Å². The summed E-state index contributed by atoms with van der Waals surface area (Å²) in [5.74, 6) is 0.316. The van der Waals surface area contributed by atoms with Crippen molar-refractivity contribution in [2.75, 3.05) is 13.1 Å². The van der Waals surface area contributed by atoms with Gasteiger partial charge < -0.3 is 10.2 Å². The monoisotopic (exact) mass is 240 g/mol. The number of hydrogen-bond acceptors (Lipinski definition) is 2. The van der Waals surface area contributed by atoms with Crippen LogP contribution in [0.5, 0.6) is 0 Å². The van der Waals surface area contributed by atoms with E-state index < -0.39 is 0 Å². The predicted molar refractivity (Wildman–Crippen MR) is 72.0 cm³/mol. The molecule has 1 unspecified atom stereocenters. The zero-order chi connectivity index (χ0) is 12.7. The van der Waals surface area contributed by atoms with Gasteiger partial charge in [-0.1, -0.05) is 26.2 Å². The summed E-state index contributed by atoms with van der Waals surface area (Å²) >= 11 is 0. The molecule has 0 aromatic rings. The molecule has 0 saturated carbocycles. The van der Waals surface area contributed by atoms with Crippen molar-refractivity contribution < 1.29 is 4.79 Å². The number of carbonyl (C=O) groups is 1. The Balaban J connectivity index is 2.46. The van der Waals surface area contributed by atoms with Gasteiger partial charge in [-0.05, 0) is 39.7 Å². The molecule has 17 heavy (non-hydrogen) atoms. The van der Waals surface area contributed by atoms with Gasteiger partial charge in [0.15, 0.2) is 0 Å². The molecule has 1 heterocycles. The number of piperidine rings is 1. The minimum Gasteiger partial charge on any atom is -0.339 e. The number of amides is 1. The van der Waals surface area contributed by atoms with Gasteiger partial charge in [-0.15, -0.1) is 0 Å². The van der Waals surface area contributed by atoms with Gasteiger partial charge in [0.25, 0.3) is 0 Å². The summed E-state index contributed by atoms with van der Waals surface area (Å²) in [6.45, 7) is 8.35. The Morgan fingerprint density at radius 3 is 2.65 bits per heavy atom. The Kier molecular flexibility index (Phi) is 6.56. The number of nitrogens with one attached hydrogen (secondary N) is 1. The fraction of sp³-hybridized carbons (Fsp3) is 0.929. The Labute approximate surface area is 106 Å². The highest BCUT2D eigenvalue weighted by Gasteiger charge is 2.26. The molecule has 3 nitrogen and oxygen atoms in total. The molecular weight excluding hydrogens is 212 g/mol. The average molecular weight is 240 g/mol. The summed E-state index contributed by atoms with van der Waals surface area (Å²) in [5, 5.41) is 3.35. The molecule has 0 aromatic carbocycles. The second-order valence-corrected chi connectivity index (χ2v) is 5.33. The molecule has 0 spiro atoms. The first-order chi connectivity index (χ1) is 8.16. The van der Waals surface area contributed by atoms with Crippen molar-refractivity contribution in [3.05, 3.63) is 0 Å². The second kappa shape index (κ2) is 7.70. The van der Waals surface area contributed by atoms with E-state index in [0.717, 1.165) is 25.9 Å². The van der Waals surface area contributed by atoms with Crippen molar-refractivity contribution in [2.45, 2.75) is 71.4 Å². The predicted octanol–water partition coefficient (Wildman–Crippen LogP) is 2.56. The van der Waals surface area contributed by atoms with Crippen molar-refractivity contribution in [3.8, 4) is 0 Å². The standard InChI is InChI=1S/C14H28N2O/c1-4-5-8-11-16(12(2)3)14(17)13-9-6-7-10-15-13/h12-13,15H,4-11H2,1-3H3. The molecule has 0 aromatic heterocycles. The molecule has 1 saturated heterocycles. The van der Waals surface area contributed by atoms with Crippen molar-refractivity contribution in [1.29, 1.82) is 0 Å². The Morgan fingerprint density at radius 2 is 2.12 bits per heavy atom. The molecule has 1 N–H and O–H groups in total. The van der Waals surface area contributed by atoms with Gasteiger partial charge in [0.05, 0.1) is 6.04 Å². The van der Waals surface area contributed by atoms with Crippen molar-refractivity contribution in [1.82, 2.24) is 10.2 Å². The van der Waals surface area contributed by atoms with E-state index >= 15 is 0 Å². The fourth-order valence-electron chi connectivity index (χ4n) is 2.42. The molecule has 1 rings (SSSR count). The number of rotatable bonds is 6. The molecule has 0 aliphatic carbocycles. The molecular formula is C14H28N2O. The van der Waals surface area contributed by atoms with Gasteiger partial charge in [-0.2, -0.15) is 0 Å². The van der Waals surface area contributed by atoms with Crippen molar-refractivity contribution in [3.63, 3.8) is 0 Å². The van der Waals surface area contributed by atoms with Gasteiger partial charge in [-0.3, -0.25) is 4.79 Å². The molecule has 1 aliphatic heterocycles. The van der Waals surface area contributed by atoms with Crippen LogP contribution in [0, 0.1) is 0 Å². The first-order valence-electron chi connectivity index (χ1n) is 7.20. The van der Waals surface area contributed by atoms with Crippen molar-refractivity contribution in [2.24, 2.45) is 0 Å². The second-order valence-electron chi connectivity index (χ2n) is 5.33. The minimum absolute atomic E-state index is 0.0766. The van der Waals surface area contributed by atoms with Crippen molar-refractivity contribution >= 4 is 5.91 Å². The minimum atomic E-state index is 0.0766. The zero-order valence-corrected chi connectivity index (χ0v) is 11.7. The van der Waals surface area contributed by atoms with Gasteiger partial charge in [0.1, 0.15) is 0 Å². The topological polar surface area (TPSA) is 32.3 Å². The van der Waals surface area contributed by atoms with E-state index in [0.29, 0.717) is 11.9 Å². The van der Waals surface area contributed by atoms with Crippen LogP contribution < -0.4 is 5.32 Å². The number of nitrogens with zero attached hydrogens (tertiary/aromatic N) is 1. The van der Waals surface area contributed by atoms with Gasteiger partial charge >= 0.3 is 0 Å². The largest absolute Gasteiger partial charge is 0.339 e. The molecule has 1 aliphatic rings. The lowest BCUT2D eigenvalue weighted by Crippen LogP contribution is -2.51. The smallest absolute Gasteiger partial charge is 0.239 e. The number of carbonyl (C=O) groups excluding carboxylic acids is 1. The zero-order valence-electron chi connectivity index (χ0n) is 11.7. The van der Waals surface area contributed by atoms with Gasteiger partial charge in [0, 0.05) is 12.6 Å². The molecule has 0 bridgehead atoms. The summed E-state index contributed by atoms with van der Waals surface area (Å²) < 4.78 is 0. The van der Waals surface area contributed by atoms with E-state index in [-0.39, 0.29) is 6.04 Å². The van der Waals surface area contributed by atoms with Crippen LogP contribution in [0.2, 0.25) is 0 Å². The highest BCUT2D eigenvalue weighted by Crippen LogP contribution is 2.13. The third kappa shape index (κ3) is 4.66. The molecule has 1 atom stereocenters. The Morgan fingerprint density at radius 1 is 1.35 bits per heavy atom. The van der Waals surface area contributed by atoms with Gasteiger partial charge in [-0.25, -0.2) is 0 Å². The summed E-state index contributed by atoms with van der Waals surface area (Å²) in [7, 11) is 0. The van der Waals surface area contributed by atoms with Crippen LogP contribution in [0.1, 0.15) is 59.3 Å². The fourth-order valence-corrected chi connectivity index (χ4v) is 2.42. The van der Waals surface area contributed by atoms with E-state index in [4.69, 9.17) is 0 Å². The van der Waals surface area contributed by atoms with Crippen LogP contribution >= 0.6 is 0 Å². The van der Waals surface area contributed by atoms with Crippen LogP contribution in [0.25, 0.3) is 0 Å². The third-order valence-electron chi connectivity index (χ3n) is 3.52. The normalized spacial score (nSPS) is 20.6. The molecule has 1 fully saturated rings. The lowest BCUT2D eigenvalue weighted by Gasteiger charge is -2.32. The molecule has 1 amide bonds. The average Bonchev–Trinajstić information content (AvgIpc) is 2.34. The van der Waals surface area contributed by atoms with Crippen LogP contribution in [-0.4, -0.2) is 36.0 Å². The maximum atomic E-state index is 12.4. The molecule has 0 radical (unpaired) electrons. The van der Waals surface area contributed by atoms with E-state index in [2.05, 4.69) is 31.0 Å². The molecule has 100 valence electrons. The Bertz CT molecular complexity index is 222. The van der Waals surface area contributed by atoms with Crippen LogP contribution in [-0.2, 0) is 4.79 Å². The summed E-state index contributed by atoms with van der Waals surface area (Å²) in [6, 6.07) is 0.399. The van der Waals surface area contributed by atoms with Crippen LogP contribution in [0.15, 0.2) is 0 Å². The Hall–Kier alpha value is -0.570. The maximum Gasteiger partial charge on any atom is 0.239 e. The van der Waals surface area contributed by atoms with E-state index in [9.17, 15) is 4.79 Å². The highest BCUT2D eigenvalue weighted by atomic mass is 16.2. The molecule has 3 heteroatoms. The van der Waals surface area contributed by atoms with Crippen LogP contribution in [0.3, 0.4) is 0 Å². The van der Waals surface area contributed by atoms with Crippen LogP contribution in [0.4, 0.5) is 0 Å². The van der Waals surface area contributed by atoms with E-state index in [1.165, 1.54) is 25.7 Å². The quantitative estimate of drug-likeness (QED) is 0.724. The number of hydrogen-bond donors (Lipinski definition) is 1. The third-order valence-corrected chi connectivity index (χ3v) is 3.52. The maximum absolute atomic E-state index is 12.4. The number of unbranched alkanes of at least 4 members (excludes halogenated alkanes) is 2. The first kappa shape index (κ1) is 14.5. The lowest BCUT2D eigenvalue weighted by molar-refractivity contribution is -0.135. The SMILES string of the molecule is CCCCCN(C(=O)C1CCCCN1)C(C)C. The summed E-state index contributed by atoms with van der Waals surface area (Å²) in [6.07, 6.45) is 6.96.